The predicted molar refractivity (Wildman–Crippen MR) is 95.0 cm³/mol. The van der Waals surface area contributed by atoms with Gasteiger partial charge in [0.1, 0.15) is 0 Å². The monoisotopic (exact) mass is 378 g/mol. The van der Waals surface area contributed by atoms with E-state index in [1.807, 2.05) is 4.57 Å². The molecule has 0 saturated carbocycles. The van der Waals surface area contributed by atoms with Crippen LogP contribution in [0.25, 0.3) is 0 Å². The largest absolute Gasteiger partial charge is 0.395 e. The first-order valence-electron chi connectivity index (χ1n) is 8.49. The number of carbonyl (C=O) groups is 1. The van der Waals surface area contributed by atoms with Crippen molar-refractivity contribution < 1.29 is 18.3 Å². The van der Waals surface area contributed by atoms with Gasteiger partial charge in [0, 0.05) is 43.6 Å². The van der Waals surface area contributed by atoms with Gasteiger partial charge in [0.05, 0.1) is 17.8 Å². The summed E-state index contributed by atoms with van der Waals surface area (Å²) in [6, 6.07) is 5.60. The zero-order valence-electron chi connectivity index (χ0n) is 14.3. The average molecular weight is 378 g/mol. The second kappa shape index (κ2) is 7.98. The Balaban J connectivity index is 1.70. The fourth-order valence-electron chi connectivity index (χ4n) is 3.06. The van der Waals surface area contributed by atoms with E-state index in [0.717, 1.165) is 6.42 Å². The van der Waals surface area contributed by atoms with Gasteiger partial charge in [0.25, 0.3) is 5.91 Å². The first kappa shape index (κ1) is 18.6. The van der Waals surface area contributed by atoms with Crippen molar-refractivity contribution in [2.24, 2.45) is 0 Å². The molecule has 9 heteroatoms. The second-order valence-electron chi connectivity index (χ2n) is 6.18. The molecule has 1 atom stereocenters. The van der Waals surface area contributed by atoms with Crippen LogP contribution in [0.2, 0.25) is 0 Å². The van der Waals surface area contributed by atoms with E-state index < -0.39 is 16.1 Å². The van der Waals surface area contributed by atoms with Gasteiger partial charge in [-0.25, -0.2) is 13.4 Å². The summed E-state index contributed by atoms with van der Waals surface area (Å²) in [5.41, 5.74) is 0.288. The molecule has 0 bridgehead atoms. The van der Waals surface area contributed by atoms with Crippen LogP contribution in [0.4, 0.5) is 0 Å². The average Bonchev–Trinajstić information content (AvgIpc) is 3.33. The number of benzene rings is 1. The van der Waals surface area contributed by atoms with E-state index in [-0.39, 0.29) is 23.0 Å². The number of hydrogen-bond donors (Lipinski definition) is 2. The topological polar surface area (TPSA) is 105 Å². The van der Waals surface area contributed by atoms with E-state index in [1.165, 1.54) is 16.4 Å². The van der Waals surface area contributed by atoms with Crippen LogP contribution in [-0.4, -0.2) is 59.0 Å². The first-order chi connectivity index (χ1) is 12.5. The summed E-state index contributed by atoms with van der Waals surface area (Å²) in [5.74, 6) is -0.331. The fraction of sp³-hybridized carbons (Fsp3) is 0.412. The number of aromatic nitrogens is 2. The van der Waals surface area contributed by atoms with Crippen LogP contribution in [-0.2, 0) is 16.6 Å². The number of rotatable bonds is 7. The Morgan fingerprint density at radius 1 is 1.38 bits per heavy atom. The number of carbonyl (C=O) groups excluding carboxylic acids is 1. The Morgan fingerprint density at radius 2 is 2.23 bits per heavy atom. The lowest BCUT2D eigenvalue weighted by Gasteiger charge is -2.22. The highest BCUT2D eigenvalue weighted by Crippen LogP contribution is 2.26. The molecule has 0 radical (unpaired) electrons. The summed E-state index contributed by atoms with van der Waals surface area (Å²) in [4.78, 5) is 16.3. The van der Waals surface area contributed by atoms with Crippen LogP contribution in [0.1, 0.15) is 23.2 Å². The van der Waals surface area contributed by atoms with Gasteiger partial charge in [-0.15, -0.1) is 0 Å². The maximum absolute atomic E-state index is 12.8. The zero-order valence-corrected chi connectivity index (χ0v) is 15.1. The second-order valence-corrected chi connectivity index (χ2v) is 8.07. The predicted octanol–water partition coefficient (Wildman–Crippen LogP) is 0.458. The van der Waals surface area contributed by atoms with Crippen molar-refractivity contribution in [1.82, 2.24) is 19.2 Å². The molecule has 8 nitrogen and oxygen atoms in total. The molecule has 1 aliphatic heterocycles. The van der Waals surface area contributed by atoms with Gasteiger partial charge in [-0.3, -0.25) is 4.79 Å². The normalized spacial score (nSPS) is 18.1. The van der Waals surface area contributed by atoms with Crippen LogP contribution >= 0.6 is 0 Å². The van der Waals surface area contributed by atoms with Crippen LogP contribution in [0.5, 0.6) is 0 Å². The maximum atomic E-state index is 12.8. The lowest BCUT2D eigenvalue weighted by Crippen LogP contribution is -2.37. The van der Waals surface area contributed by atoms with Crippen molar-refractivity contribution in [3.05, 3.63) is 48.5 Å². The van der Waals surface area contributed by atoms with Crippen molar-refractivity contribution in [3.63, 3.8) is 0 Å². The molecule has 0 aliphatic carbocycles. The molecule has 1 aromatic carbocycles. The molecule has 2 aromatic rings. The number of amides is 1. The summed E-state index contributed by atoms with van der Waals surface area (Å²) in [5, 5.41) is 12.2. The van der Waals surface area contributed by atoms with E-state index in [0.29, 0.717) is 26.1 Å². The standard InChI is InChI=1S/C17H22N4O4S/c22-12-15-4-2-8-21(15)26(24,25)16-5-1-3-14(11-16)17(23)19-7-10-20-9-6-18-13-20/h1,3,5-6,9,11,13,15,22H,2,4,7-8,10,12H2,(H,19,23)/t15-/m0/s1. The Labute approximate surface area is 152 Å². The summed E-state index contributed by atoms with van der Waals surface area (Å²) >= 11 is 0. The third-order valence-corrected chi connectivity index (χ3v) is 6.40. The number of nitrogens with zero attached hydrogens (tertiary/aromatic N) is 3. The molecule has 1 fully saturated rings. The number of nitrogens with one attached hydrogen (secondary N) is 1. The highest BCUT2D eigenvalue weighted by atomic mass is 32.2. The van der Waals surface area contributed by atoms with Gasteiger partial charge in [-0.05, 0) is 31.0 Å². The number of aliphatic hydroxyl groups is 1. The van der Waals surface area contributed by atoms with Crippen LogP contribution < -0.4 is 5.32 Å². The molecule has 2 heterocycles. The third kappa shape index (κ3) is 3.95. The van der Waals surface area contributed by atoms with Crippen molar-refractivity contribution in [2.75, 3.05) is 19.7 Å². The fourth-order valence-corrected chi connectivity index (χ4v) is 4.79. The van der Waals surface area contributed by atoms with Gasteiger partial charge in [-0.2, -0.15) is 4.31 Å². The molecular weight excluding hydrogens is 356 g/mol. The first-order valence-corrected chi connectivity index (χ1v) is 9.93. The lowest BCUT2D eigenvalue weighted by molar-refractivity contribution is 0.0952. The summed E-state index contributed by atoms with van der Waals surface area (Å²) in [6.07, 6.45) is 6.48. The SMILES string of the molecule is O=C(NCCn1ccnc1)c1cccc(S(=O)(=O)N2CCC[C@H]2CO)c1. The van der Waals surface area contributed by atoms with Gasteiger partial charge < -0.3 is 15.0 Å². The Kier molecular flexibility index (Phi) is 5.70. The van der Waals surface area contributed by atoms with E-state index in [9.17, 15) is 18.3 Å². The van der Waals surface area contributed by atoms with E-state index in [2.05, 4.69) is 10.3 Å². The lowest BCUT2D eigenvalue weighted by atomic mass is 10.2. The number of aliphatic hydroxyl groups excluding tert-OH is 1. The van der Waals surface area contributed by atoms with Gasteiger partial charge in [0.15, 0.2) is 0 Å². The maximum Gasteiger partial charge on any atom is 0.251 e. The molecular formula is C17H22N4O4S. The highest BCUT2D eigenvalue weighted by molar-refractivity contribution is 7.89. The molecule has 3 rings (SSSR count). The van der Waals surface area contributed by atoms with Gasteiger partial charge >= 0.3 is 0 Å². The molecule has 0 spiro atoms. The Hall–Kier alpha value is -2.23. The van der Waals surface area contributed by atoms with E-state index in [1.54, 1.807) is 30.9 Å². The minimum atomic E-state index is -3.73. The quantitative estimate of drug-likeness (QED) is 0.728. The van der Waals surface area contributed by atoms with Crippen molar-refractivity contribution in [2.45, 2.75) is 30.3 Å². The summed E-state index contributed by atoms with van der Waals surface area (Å²) in [6.45, 7) is 1.17. The molecule has 140 valence electrons. The van der Waals surface area contributed by atoms with Crippen LogP contribution in [0.15, 0.2) is 47.9 Å². The molecule has 0 unspecified atom stereocenters. The number of hydrogen-bond acceptors (Lipinski definition) is 5. The van der Waals surface area contributed by atoms with Crippen molar-refractivity contribution in [3.8, 4) is 0 Å². The van der Waals surface area contributed by atoms with Crippen LogP contribution in [0.3, 0.4) is 0 Å². The number of sulfonamides is 1. The number of imidazole rings is 1. The Bertz CT molecular complexity index is 851. The molecule has 1 aliphatic rings. The minimum Gasteiger partial charge on any atom is -0.395 e. The smallest absolute Gasteiger partial charge is 0.251 e. The minimum absolute atomic E-state index is 0.0695. The molecule has 1 aromatic heterocycles. The van der Waals surface area contributed by atoms with Crippen molar-refractivity contribution >= 4 is 15.9 Å². The zero-order chi connectivity index (χ0) is 18.6. The van der Waals surface area contributed by atoms with Gasteiger partial charge in [0.2, 0.25) is 10.0 Å². The molecule has 1 amide bonds. The summed E-state index contributed by atoms with van der Waals surface area (Å²) in [7, 11) is -3.73. The third-order valence-electron chi connectivity index (χ3n) is 4.45. The Morgan fingerprint density at radius 3 is 2.96 bits per heavy atom. The van der Waals surface area contributed by atoms with E-state index in [4.69, 9.17) is 0 Å². The molecule has 26 heavy (non-hydrogen) atoms. The van der Waals surface area contributed by atoms with E-state index >= 15 is 0 Å². The van der Waals surface area contributed by atoms with Crippen molar-refractivity contribution in [1.29, 1.82) is 0 Å². The molecule has 2 N–H and O–H groups in total. The molecule has 1 saturated heterocycles. The van der Waals surface area contributed by atoms with Gasteiger partial charge in [-0.1, -0.05) is 6.07 Å². The van der Waals surface area contributed by atoms with Crippen LogP contribution in [0, 0.1) is 0 Å². The summed E-state index contributed by atoms with van der Waals surface area (Å²) < 4.78 is 28.8. The highest BCUT2D eigenvalue weighted by Gasteiger charge is 2.35.